The molecular weight excluding hydrogens is 196 g/mol. The molecular formula is C10H22N2O3. The van der Waals surface area contributed by atoms with Crippen molar-refractivity contribution in [3.05, 3.63) is 0 Å². The Labute approximate surface area is 91.3 Å². The van der Waals surface area contributed by atoms with Crippen molar-refractivity contribution < 1.29 is 14.3 Å². The molecule has 15 heavy (non-hydrogen) atoms. The van der Waals surface area contributed by atoms with Crippen molar-refractivity contribution >= 4 is 5.91 Å². The van der Waals surface area contributed by atoms with Gasteiger partial charge in [0.05, 0.1) is 25.4 Å². The van der Waals surface area contributed by atoms with E-state index in [0.717, 1.165) is 0 Å². The van der Waals surface area contributed by atoms with Crippen LogP contribution in [0.2, 0.25) is 0 Å². The zero-order valence-corrected chi connectivity index (χ0v) is 9.79. The van der Waals surface area contributed by atoms with Crippen LogP contribution in [0.15, 0.2) is 0 Å². The van der Waals surface area contributed by atoms with E-state index >= 15 is 0 Å². The molecule has 90 valence electrons. The van der Waals surface area contributed by atoms with Gasteiger partial charge in [-0.25, -0.2) is 0 Å². The van der Waals surface area contributed by atoms with Crippen molar-refractivity contribution in [1.82, 2.24) is 5.32 Å². The molecule has 0 aromatic carbocycles. The molecule has 0 aliphatic rings. The number of hydrogen-bond donors (Lipinski definition) is 2. The van der Waals surface area contributed by atoms with E-state index < -0.39 is 0 Å². The number of nitrogens with one attached hydrogen (secondary N) is 1. The van der Waals surface area contributed by atoms with Crippen molar-refractivity contribution in [3.8, 4) is 0 Å². The van der Waals surface area contributed by atoms with Gasteiger partial charge in [0.25, 0.3) is 0 Å². The number of ether oxygens (including phenoxy) is 2. The SMILES string of the molecule is CNC(CCOCCOC(C)C)C(N)=O. The molecule has 1 unspecified atom stereocenters. The Bertz CT molecular complexity index is 174. The van der Waals surface area contributed by atoms with Crippen LogP contribution in [-0.2, 0) is 14.3 Å². The van der Waals surface area contributed by atoms with Crippen LogP contribution in [0.25, 0.3) is 0 Å². The fourth-order valence-electron chi connectivity index (χ4n) is 1.07. The highest BCUT2D eigenvalue weighted by molar-refractivity contribution is 5.79. The summed E-state index contributed by atoms with van der Waals surface area (Å²) in [5.41, 5.74) is 5.15. The molecule has 0 aromatic rings. The third kappa shape index (κ3) is 8.35. The van der Waals surface area contributed by atoms with Gasteiger partial charge in [-0.1, -0.05) is 0 Å². The standard InChI is InChI=1S/C10H22N2O3/c1-8(2)15-7-6-14-5-4-9(12-3)10(11)13/h8-9,12H,4-7H2,1-3H3,(H2,11,13). The van der Waals surface area contributed by atoms with E-state index in [4.69, 9.17) is 15.2 Å². The molecule has 0 aliphatic carbocycles. The lowest BCUT2D eigenvalue weighted by molar-refractivity contribution is -0.120. The molecule has 0 heterocycles. The average Bonchev–Trinajstić information content (AvgIpc) is 2.15. The zero-order chi connectivity index (χ0) is 11.7. The average molecular weight is 218 g/mol. The molecule has 0 spiro atoms. The summed E-state index contributed by atoms with van der Waals surface area (Å²) in [5.74, 6) is -0.348. The van der Waals surface area contributed by atoms with Crippen molar-refractivity contribution in [2.75, 3.05) is 26.9 Å². The summed E-state index contributed by atoms with van der Waals surface area (Å²) in [4.78, 5) is 10.8. The van der Waals surface area contributed by atoms with Gasteiger partial charge in [-0.2, -0.15) is 0 Å². The van der Waals surface area contributed by atoms with E-state index in [9.17, 15) is 4.79 Å². The van der Waals surface area contributed by atoms with Gasteiger partial charge >= 0.3 is 0 Å². The van der Waals surface area contributed by atoms with Gasteiger partial charge in [-0.3, -0.25) is 4.79 Å². The van der Waals surface area contributed by atoms with E-state index in [0.29, 0.717) is 26.2 Å². The molecule has 0 saturated carbocycles. The van der Waals surface area contributed by atoms with Crippen LogP contribution in [0.3, 0.4) is 0 Å². The fourth-order valence-corrected chi connectivity index (χ4v) is 1.07. The maximum Gasteiger partial charge on any atom is 0.234 e. The topological polar surface area (TPSA) is 73.6 Å². The zero-order valence-electron chi connectivity index (χ0n) is 9.79. The molecule has 1 amide bonds. The summed E-state index contributed by atoms with van der Waals surface area (Å²) in [6.45, 7) is 5.59. The highest BCUT2D eigenvalue weighted by atomic mass is 16.5. The second-order valence-corrected chi connectivity index (χ2v) is 3.56. The van der Waals surface area contributed by atoms with Crippen LogP contribution >= 0.6 is 0 Å². The highest BCUT2D eigenvalue weighted by Crippen LogP contribution is 1.92. The summed E-state index contributed by atoms with van der Waals surface area (Å²) >= 11 is 0. The summed E-state index contributed by atoms with van der Waals surface area (Å²) in [6.07, 6.45) is 0.817. The molecule has 0 bridgehead atoms. The van der Waals surface area contributed by atoms with Crippen LogP contribution in [0.1, 0.15) is 20.3 Å². The normalized spacial score (nSPS) is 13.1. The van der Waals surface area contributed by atoms with E-state index in [2.05, 4.69) is 5.32 Å². The Kier molecular flexibility index (Phi) is 8.27. The lowest BCUT2D eigenvalue weighted by atomic mass is 10.2. The third-order valence-corrected chi connectivity index (χ3v) is 1.92. The van der Waals surface area contributed by atoms with Crippen LogP contribution in [-0.4, -0.2) is 44.9 Å². The second-order valence-electron chi connectivity index (χ2n) is 3.56. The quantitative estimate of drug-likeness (QED) is 0.530. The predicted octanol–water partition coefficient (Wildman–Crippen LogP) is -0.109. The van der Waals surface area contributed by atoms with Crippen molar-refractivity contribution in [2.24, 2.45) is 5.73 Å². The molecule has 3 N–H and O–H groups in total. The number of nitrogens with two attached hydrogens (primary N) is 1. The van der Waals surface area contributed by atoms with Gasteiger partial charge in [0.1, 0.15) is 0 Å². The fraction of sp³-hybridized carbons (Fsp3) is 0.900. The number of hydrogen-bond acceptors (Lipinski definition) is 4. The number of amides is 1. The number of primary amides is 1. The summed E-state index contributed by atoms with van der Waals surface area (Å²) in [5, 5.41) is 2.82. The van der Waals surface area contributed by atoms with Crippen LogP contribution in [0.5, 0.6) is 0 Å². The van der Waals surface area contributed by atoms with Crippen LogP contribution in [0.4, 0.5) is 0 Å². The molecule has 5 heteroatoms. The third-order valence-electron chi connectivity index (χ3n) is 1.92. The minimum atomic E-state index is -0.348. The molecule has 0 radical (unpaired) electrons. The molecule has 1 atom stereocenters. The molecule has 0 aromatic heterocycles. The Morgan fingerprint density at radius 1 is 1.33 bits per heavy atom. The van der Waals surface area contributed by atoms with Crippen molar-refractivity contribution in [2.45, 2.75) is 32.4 Å². The van der Waals surface area contributed by atoms with Gasteiger partial charge in [-0.15, -0.1) is 0 Å². The Morgan fingerprint density at radius 2 is 2.00 bits per heavy atom. The summed E-state index contributed by atoms with van der Waals surface area (Å²) in [6, 6.07) is -0.309. The number of carbonyl (C=O) groups is 1. The second kappa shape index (κ2) is 8.64. The first-order valence-electron chi connectivity index (χ1n) is 5.23. The maximum atomic E-state index is 10.8. The molecule has 0 saturated heterocycles. The number of likely N-dealkylation sites (N-methyl/N-ethyl adjacent to an activating group) is 1. The van der Waals surface area contributed by atoms with E-state index in [-0.39, 0.29) is 18.1 Å². The van der Waals surface area contributed by atoms with Crippen LogP contribution in [0, 0.1) is 0 Å². The van der Waals surface area contributed by atoms with Gasteiger partial charge in [-0.05, 0) is 27.3 Å². The van der Waals surface area contributed by atoms with Crippen molar-refractivity contribution in [1.29, 1.82) is 0 Å². The van der Waals surface area contributed by atoms with Gasteiger partial charge in [0.15, 0.2) is 0 Å². The van der Waals surface area contributed by atoms with E-state index in [1.165, 1.54) is 0 Å². The van der Waals surface area contributed by atoms with Gasteiger partial charge in [0, 0.05) is 6.61 Å². The minimum absolute atomic E-state index is 0.226. The Morgan fingerprint density at radius 3 is 2.47 bits per heavy atom. The lowest BCUT2D eigenvalue weighted by Gasteiger charge is -2.12. The van der Waals surface area contributed by atoms with E-state index in [1.54, 1.807) is 7.05 Å². The smallest absolute Gasteiger partial charge is 0.234 e. The Hall–Kier alpha value is -0.650. The van der Waals surface area contributed by atoms with Gasteiger partial charge in [0.2, 0.25) is 5.91 Å². The minimum Gasteiger partial charge on any atom is -0.379 e. The molecule has 0 fully saturated rings. The molecule has 0 rings (SSSR count). The Balaban J connectivity index is 3.33. The largest absolute Gasteiger partial charge is 0.379 e. The molecule has 5 nitrogen and oxygen atoms in total. The first-order valence-corrected chi connectivity index (χ1v) is 5.23. The van der Waals surface area contributed by atoms with Gasteiger partial charge < -0.3 is 20.5 Å². The molecule has 0 aliphatic heterocycles. The van der Waals surface area contributed by atoms with Crippen LogP contribution < -0.4 is 11.1 Å². The first kappa shape index (κ1) is 14.3. The van der Waals surface area contributed by atoms with E-state index in [1.807, 2.05) is 13.8 Å². The summed E-state index contributed by atoms with van der Waals surface area (Å²) in [7, 11) is 1.71. The maximum absolute atomic E-state index is 10.8. The van der Waals surface area contributed by atoms with Crippen molar-refractivity contribution in [3.63, 3.8) is 0 Å². The highest BCUT2D eigenvalue weighted by Gasteiger charge is 2.11. The summed E-state index contributed by atoms with van der Waals surface area (Å²) < 4.78 is 10.6. The number of rotatable bonds is 9. The monoisotopic (exact) mass is 218 g/mol. The predicted molar refractivity (Wildman–Crippen MR) is 58.6 cm³/mol. The lowest BCUT2D eigenvalue weighted by Crippen LogP contribution is -2.39. The first-order chi connectivity index (χ1) is 7.07. The number of carbonyl (C=O) groups excluding carboxylic acids is 1.